The van der Waals surface area contributed by atoms with Crippen molar-refractivity contribution in [3.8, 4) is 17.0 Å². The number of nitrogens with zero attached hydrogens (tertiary/aromatic N) is 5. The van der Waals surface area contributed by atoms with E-state index >= 15 is 0 Å². The van der Waals surface area contributed by atoms with Crippen molar-refractivity contribution in [1.29, 1.82) is 0 Å². The summed E-state index contributed by atoms with van der Waals surface area (Å²) in [5.74, 6) is 1.37. The number of rotatable bonds is 4. The number of sulfonamides is 1. The second-order valence-corrected chi connectivity index (χ2v) is 11.4. The molecule has 10 heteroatoms. The highest BCUT2D eigenvalue weighted by molar-refractivity contribution is 7.93. The maximum atomic E-state index is 13.0. The van der Waals surface area contributed by atoms with E-state index in [1.165, 1.54) is 6.39 Å². The maximum absolute atomic E-state index is 13.0. The van der Waals surface area contributed by atoms with Crippen LogP contribution < -0.4 is 4.31 Å². The lowest BCUT2D eigenvalue weighted by atomic mass is 9.81. The summed E-state index contributed by atoms with van der Waals surface area (Å²) < 4.78 is 33.0. The van der Waals surface area contributed by atoms with Gasteiger partial charge < -0.3 is 9.52 Å². The molecule has 0 bridgehead atoms. The first-order valence-electron chi connectivity index (χ1n) is 11.5. The van der Waals surface area contributed by atoms with Crippen LogP contribution in [-0.2, 0) is 16.6 Å². The van der Waals surface area contributed by atoms with Gasteiger partial charge in [0.05, 0.1) is 23.2 Å². The fourth-order valence-electron chi connectivity index (χ4n) is 5.41. The topological polar surface area (TPSA) is 113 Å². The molecule has 0 aliphatic carbocycles. The molecule has 2 aliphatic heterocycles. The van der Waals surface area contributed by atoms with E-state index in [4.69, 9.17) is 4.42 Å². The van der Waals surface area contributed by atoms with Gasteiger partial charge in [-0.1, -0.05) is 6.07 Å². The normalized spacial score (nSPS) is 24.7. The number of phenolic OH excluding ortho intramolecular Hbond substituents is 1. The van der Waals surface area contributed by atoms with Gasteiger partial charge in [-0.25, -0.2) is 22.7 Å². The summed E-state index contributed by atoms with van der Waals surface area (Å²) in [6.07, 6.45) is 6.60. The summed E-state index contributed by atoms with van der Waals surface area (Å²) >= 11 is 0. The quantitative estimate of drug-likeness (QED) is 0.601. The molecule has 0 radical (unpaired) electrons. The van der Waals surface area contributed by atoms with Gasteiger partial charge in [0.2, 0.25) is 10.0 Å². The van der Waals surface area contributed by atoms with Gasteiger partial charge in [-0.3, -0.25) is 9.88 Å². The number of anilines is 1. The predicted molar refractivity (Wildman–Crippen MR) is 128 cm³/mol. The molecule has 3 aromatic rings. The molecule has 1 spiro atoms. The minimum Gasteiger partial charge on any atom is -0.507 e. The van der Waals surface area contributed by atoms with Crippen LogP contribution in [0.5, 0.6) is 5.75 Å². The Morgan fingerprint density at radius 2 is 2.06 bits per heavy atom. The van der Waals surface area contributed by atoms with Crippen LogP contribution >= 0.6 is 0 Å². The summed E-state index contributed by atoms with van der Waals surface area (Å²) in [6, 6.07) is 5.72. The van der Waals surface area contributed by atoms with E-state index in [2.05, 4.69) is 26.8 Å². The monoisotopic (exact) mass is 483 g/mol. The number of hydrogen-bond donors (Lipinski definition) is 1. The number of piperidine rings is 1. The Labute approximate surface area is 199 Å². The van der Waals surface area contributed by atoms with Gasteiger partial charge in [-0.15, -0.1) is 0 Å². The number of likely N-dealkylation sites (tertiary alicyclic amines) is 1. The standard InChI is InChI=1S/C24H29N5O4S/c1-16-12-25-13-22(27-16)29-24(7-9-34(29,31)32)6-8-28(17(2)11-24)14-19-4-5-21(30)20(10-19)23-18(3)33-15-26-23/h4-5,10,12-13,15,17,30H,6-9,11,14H2,1-3H3/t17-,24-/m0/s1. The molecule has 180 valence electrons. The molecule has 2 fully saturated rings. The van der Waals surface area contributed by atoms with Crippen LogP contribution in [0.1, 0.15) is 43.2 Å². The number of hydrogen-bond acceptors (Lipinski definition) is 8. The highest BCUT2D eigenvalue weighted by Gasteiger charge is 2.53. The smallest absolute Gasteiger partial charge is 0.236 e. The Morgan fingerprint density at radius 1 is 1.24 bits per heavy atom. The van der Waals surface area contributed by atoms with Crippen molar-refractivity contribution in [1.82, 2.24) is 19.9 Å². The molecule has 0 unspecified atom stereocenters. The lowest BCUT2D eigenvalue weighted by molar-refractivity contribution is 0.102. The zero-order valence-corrected chi connectivity index (χ0v) is 20.4. The molecular formula is C24H29N5O4S. The number of aromatic hydroxyl groups is 1. The van der Waals surface area contributed by atoms with E-state index in [0.29, 0.717) is 41.5 Å². The Kier molecular flexibility index (Phi) is 5.60. The van der Waals surface area contributed by atoms with Gasteiger partial charge in [-0.05, 0) is 57.7 Å². The number of oxazole rings is 1. The molecule has 4 heterocycles. The molecule has 2 aromatic heterocycles. The summed E-state index contributed by atoms with van der Waals surface area (Å²) in [6.45, 7) is 7.24. The third-order valence-electron chi connectivity index (χ3n) is 7.09. The molecule has 2 atom stereocenters. The highest BCUT2D eigenvalue weighted by Crippen LogP contribution is 2.44. The van der Waals surface area contributed by atoms with Gasteiger partial charge >= 0.3 is 0 Å². The maximum Gasteiger partial charge on any atom is 0.236 e. The fraction of sp³-hybridized carbons (Fsp3) is 0.458. The summed E-state index contributed by atoms with van der Waals surface area (Å²) in [5, 5.41) is 10.4. The first kappa shape index (κ1) is 22.8. The third kappa shape index (κ3) is 3.94. The van der Waals surface area contributed by atoms with Gasteiger partial charge in [0, 0.05) is 30.9 Å². The van der Waals surface area contributed by atoms with Crippen LogP contribution in [-0.4, -0.2) is 57.3 Å². The van der Waals surface area contributed by atoms with Crippen molar-refractivity contribution < 1.29 is 17.9 Å². The Balaban J connectivity index is 1.38. The van der Waals surface area contributed by atoms with E-state index in [0.717, 1.165) is 24.9 Å². The van der Waals surface area contributed by atoms with Gasteiger partial charge in [0.25, 0.3) is 0 Å². The Hall–Kier alpha value is -2.98. The van der Waals surface area contributed by atoms with Crippen LogP contribution in [0.3, 0.4) is 0 Å². The van der Waals surface area contributed by atoms with Crippen molar-refractivity contribution >= 4 is 15.8 Å². The molecule has 1 aromatic carbocycles. The number of aromatic nitrogens is 3. The third-order valence-corrected chi connectivity index (χ3v) is 8.95. The van der Waals surface area contributed by atoms with Crippen LogP contribution in [0.2, 0.25) is 0 Å². The largest absolute Gasteiger partial charge is 0.507 e. The molecular weight excluding hydrogens is 454 g/mol. The summed E-state index contributed by atoms with van der Waals surface area (Å²) in [5.41, 5.74) is 2.56. The van der Waals surface area contributed by atoms with Crippen molar-refractivity contribution in [2.75, 3.05) is 16.6 Å². The summed E-state index contributed by atoms with van der Waals surface area (Å²) in [7, 11) is -3.44. The number of benzene rings is 1. The van der Waals surface area contributed by atoms with E-state index in [-0.39, 0.29) is 17.5 Å². The molecule has 2 saturated heterocycles. The van der Waals surface area contributed by atoms with Crippen LogP contribution in [0.15, 0.2) is 41.4 Å². The van der Waals surface area contributed by atoms with E-state index in [1.807, 2.05) is 26.0 Å². The first-order chi connectivity index (χ1) is 16.2. The van der Waals surface area contributed by atoms with Crippen molar-refractivity contribution in [3.63, 3.8) is 0 Å². The zero-order chi connectivity index (χ0) is 24.1. The first-order valence-corrected chi connectivity index (χ1v) is 13.1. The van der Waals surface area contributed by atoms with E-state index < -0.39 is 15.6 Å². The van der Waals surface area contributed by atoms with Crippen molar-refractivity contribution in [2.45, 2.75) is 58.2 Å². The zero-order valence-electron chi connectivity index (χ0n) is 19.6. The molecule has 34 heavy (non-hydrogen) atoms. The minimum atomic E-state index is -3.44. The van der Waals surface area contributed by atoms with Crippen LogP contribution in [0, 0.1) is 13.8 Å². The van der Waals surface area contributed by atoms with Crippen LogP contribution in [0.25, 0.3) is 11.3 Å². The lowest BCUT2D eigenvalue weighted by Crippen LogP contribution is -2.56. The molecule has 1 N–H and O–H groups in total. The van der Waals surface area contributed by atoms with Gasteiger partial charge in [-0.2, -0.15) is 0 Å². The molecule has 0 saturated carbocycles. The number of phenols is 1. The Morgan fingerprint density at radius 3 is 2.76 bits per heavy atom. The number of aryl methyl sites for hydroxylation is 2. The predicted octanol–water partition coefficient (Wildman–Crippen LogP) is 3.42. The molecule has 2 aliphatic rings. The highest BCUT2D eigenvalue weighted by atomic mass is 32.2. The average Bonchev–Trinajstić information content (AvgIpc) is 3.31. The van der Waals surface area contributed by atoms with Crippen molar-refractivity contribution in [3.05, 3.63) is 54.0 Å². The van der Waals surface area contributed by atoms with E-state index in [1.54, 1.807) is 22.8 Å². The van der Waals surface area contributed by atoms with Gasteiger partial charge in [0.15, 0.2) is 12.2 Å². The SMILES string of the molecule is Cc1cncc(N2[C@@]3(CCN(Cc4ccc(O)c(-c5ncoc5C)c4)[C@@H](C)C3)CCS2(=O)=O)n1. The lowest BCUT2D eigenvalue weighted by Gasteiger charge is -2.47. The second-order valence-electron chi connectivity index (χ2n) is 9.46. The van der Waals surface area contributed by atoms with Gasteiger partial charge in [0.1, 0.15) is 17.2 Å². The molecule has 0 amide bonds. The molecule has 5 rings (SSSR count). The minimum absolute atomic E-state index is 0.133. The molecule has 9 nitrogen and oxygen atoms in total. The second kappa shape index (κ2) is 8.35. The average molecular weight is 484 g/mol. The summed E-state index contributed by atoms with van der Waals surface area (Å²) in [4.78, 5) is 15.3. The van der Waals surface area contributed by atoms with E-state index in [9.17, 15) is 13.5 Å². The Bertz CT molecular complexity index is 1320. The fourth-order valence-corrected chi connectivity index (χ4v) is 7.45. The van der Waals surface area contributed by atoms with Crippen LogP contribution in [0.4, 0.5) is 5.82 Å². The van der Waals surface area contributed by atoms with Crippen molar-refractivity contribution in [2.24, 2.45) is 0 Å².